The van der Waals surface area contributed by atoms with Crippen LogP contribution in [-0.4, -0.2) is 69.2 Å². The predicted octanol–water partition coefficient (Wildman–Crippen LogP) is 1.58. The third kappa shape index (κ3) is 8.10. The van der Waals surface area contributed by atoms with Crippen LogP contribution in [0.2, 0.25) is 0 Å². The first-order chi connectivity index (χ1) is 14.4. The molecular weight excluding hydrogens is 439 g/mol. The fourth-order valence-corrected chi connectivity index (χ4v) is 4.15. The van der Waals surface area contributed by atoms with Gasteiger partial charge in [0.25, 0.3) is 0 Å². The summed E-state index contributed by atoms with van der Waals surface area (Å²) >= 11 is 0. The number of nitrogens with one attached hydrogen (secondary N) is 1. The maximum atomic E-state index is 11.3. The Bertz CT molecular complexity index is 917. The van der Waals surface area contributed by atoms with Gasteiger partial charge in [0.2, 0.25) is 10.0 Å². The molecule has 1 aromatic carbocycles. The summed E-state index contributed by atoms with van der Waals surface area (Å²) in [4.78, 5) is 11.3. The van der Waals surface area contributed by atoms with Crippen LogP contribution in [0.5, 0.6) is 0 Å². The summed E-state index contributed by atoms with van der Waals surface area (Å²) in [6.07, 6.45) is -2.90. The highest BCUT2D eigenvalue weighted by molar-refractivity contribution is 7.88. The second-order valence-electron chi connectivity index (χ2n) is 7.56. The van der Waals surface area contributed by atoms with Gasteiger partial charge in [-0.1, -0.05) is 12.1 Å². The monoisotopic (exact) mass is 463 g/mol. The first-order valence-corrected chi connectivity index (χ1v) is 11.4. The van der Waals surface area contributed by atoms with E-state index in [0.717, 1.165) is 38.2 Å². The number of carbonyl (C=O) groups is 1. The molecule has 172 valence electrons. The number of carboxylic acids is 1. The van der Waals surface area contributed by atoms with Crippen LogP contribution in [0.1, 0.15) is 17.5 Å². The largest absolute Gasteiger partial charge is 0.490 e. The number of hydrogen-bond donors (Lipinski definition) is 2. The molecule has 2 saturated heterocycles. The predicted molar refractivity (Wildman–Crippen MR) is 104 cm³/mol. The molecule has 0 spiro atoms. The molecule has 8 nitrogen and oxygen atoms in total. The van der Waals surface area contributed by atoms with E-state index >= 15 is 0 Å². The van der Waals surface area contributed by atoms with Crippen LogP contribution in [0.25, 0.3) is 0 Å². The van der Waals surface area contributed by atoms with Crippen molar-refractivity contribution in [1.29, 1.82) is 5.26 Å². The van der Waals surface area contributed by atoms with Crippen molar-refractivity contribution in [3.8, 4) is 6.07 Å². The number of rotatable bonds is 5. The van der Waals surface area contributed by atoms with E-state index in [4.69, 9.17) is 19.9 Å². The molecule has 31 heavy (non-hydrogen) atoms. The van der Waals surface area contributed by atoms with Gasteiger partial charge in [-0.25, -0.2) is 17.9 Å². The zero-order valence-electron chi connectivity index (χ0n) is 16.8. The molecule has 2 N–H and O–H groups in total. The van der Waals surface area contributed by atoms with E-state index in [0.29, 0.717) is 23.9 Å². The Hall–Kier alpha value is -2.20. The number of carboxylic acid groups (broad SMARTS) is 1. The minimum atomic E-state index is -5.08. The molecule has 0 saturated carbocycles. The number of alkyl halides is 3. The first-order valence-electron chi connectivity index (χ1n) is 9.47. The van der Waals surface area contributed by atoms with Crippen LogP contribution in [0, 0.1) is 23.2 Å². The number of sulfonamides is 1. The summed E-state index contributed by atoms with van der Waals surface area (Å²) in [7, 11) is -3.19. The number of halogens is 3. The summed E-state index contributed by atoms with van der Waals surface area (Å²) in [5.74, 6) is -1.89. The average molecular weight is 463 g/mol. The van der Waals surface area contributed by atoms with Crippen molar-refractivity contribution in [3.05, 3.63) is 35.4 Å². The number of nitriles is 1. The molecule has 0 unspecified atom stereocenters. The van der Waals surface area contributed by atoms with Crippen molar-refractivity contribution in [3.63, 3.8) is 0 Å². The number of likely N-dealkylation sites (tertiary alicyclic amines) is 1. The molecular formula is C19H24F3N3O5S. The lowest BCUT2D eigenvalue weighted by Gasteiger charge is -2.36. The molecule has 0 aliphatic carbocycles. The molecule has 1 aromatic rings. The van der Waals surface area contributed by atoms with Gasteiger partial charge in [0.15, 0.2) is 0 Å². The quantitative estimate of drug-likeness (QED) is 0.680. The van der Waals surface area contributed by atoms with Crippen molar-refractivity contribution in [2.75, 3.05) is 32.5 Å². The Balaban J connectivity index is 0.000000423. The lowest BCUT2D eigenvalue weighted by molar-refractivity contribution is -0.192. The number of nitrogens with zero attached hydrogens (tertiary/aromatic N) is 2. The highest BCUT2D eigenvalue weighted by atomic mass is 32.2. The Morgan fingerprint density at radius 1 is 1.42 bits per heavy atom. The van der Waals surface area contributed by atoms with Crippen LogP contribution in [0.15, 0.2) is 24.3 Å². The highest BCUT2D eigenvalue weighted by Gasteiger charge is 2.41. The summed E-state index contributed by atoms with van der Waals surface area (Å²) in [6.45, 7) is 3.78. The summed E-state index contributed by atoms with van der Waals surface area (Å²) in [5.41, 5.74) is 1.82. The van der Waals surface area contributed by atoms with Crippen LogP contribution in [0.4, 0.5) is 13.2 Å². The van der Waals surface area contributed by atoms with Crippen LogP contribution < -0.4 is 4.72 Å². The molecule has 0 radical (unpaired) electrons. The minimum absolute atomic E-state index is 0.0574. The van der Waals surface area contributed by atoms with Crippen molar-refractivity contribution >= 4 is 16.0 Å². The standard InChI is InChI=1S/C17H23N3O3S.C2HF3O2/c1-24(21,22)19-9-17-16-11-20(6-5-15(16)12-23-17)10-14-4-2-3-13(7-14)8-18;3-2(4,5)1(6)7/h2-4,7,15-17,19H,5-6,9-12H2,1H3;(H,6,7)/t15-,16-,17+;/m0./s1. The van der Waals surface area contributed by atoms with Crippen molar-refractivity contribution in [2.45, 2.75) is 25.2 Å². The summed E-state index contributed by atoms with van der Waals surface area (Å²) in [5, 5.41) is 16.1. The maximum absolute atomic E-state index is 11.3. The van der Waals surface area contributed by atoms with Crippen molar-refractivity contribution in [2.24, 2.45) is 11.8 Å². The van der Waals surface area contributed by atoms with E-state index < -0.39 is 22.2 Å². The molecule has 12 heteroatoms. The van der Waals surface area contributed by atoms with Gasteiger partial charge < -0.3 is 9.84 Å². The van der Waals surface area contributed by atoms with E-state index in [9.17, 15) is 21.6 Å². The van der Waals surface area contributed by atoms with Gasteiger partial charge in [-0.05, 0) is 36.6 Å². The number of piperidine rings is 1. The van der Waals surface area contributed by atoms with E-state index in [1.54, 1.807) is 0 Å². The van der Waals surface area contributed by atoms with Crippen LogP contribution >= 0.6 is 0 Å². The zero-order chi connectivity index (χ0) is 23.2. The Morgan fingerprint density at radius 2 is 2.10 bits per heavy atom. The molecule has 0 bridgehead atoms. The molecule has 2 aliphatic rings. The van der Waals surface area contributed by atoms with Gasteiger partial charge in [0.05, 0.1) is 30.6 Å². The number of ether oxygens (including phenoxy) is 1. The average Bonchev–Trinajstić information content (AvgIpc) is 3.08. The second kappa shape index (κ2) is 10.4. The van der Waals surface area contributed by atoms with Gasteiger partial charge in [-0.15, -0.1) is 0 Å². The summed E-state index contributed by atoms with van der Waals surface area (Å²) < 4.78 is 62.8. The third-order valence-corrected chi connectivity index (χ3v) is 5.84. The second-order valence-corrected chi connectivity index (χ2v) is 9.39. The van der Waals surface area contributed by atoms with Crippen LogP contribution in [0.3, 0.4) is 0 Å². The molecule has 3 atom stereocenters. The third-order valence-electron chi connectivity index (χ3n) is 5.14. The number of hydrogen-bond acceptors (Lipinski definition) is 6. The van der Waals surface area contributed by atoms with Gasteiger partial charge in [-0.3, -0.25) is 4.90 Å². The van der Waals surface area contributed by atoms with Gasteiger partial charge in [0.1, 0.15) is 0 Å². The van der Waals surface area contributed by atoms with E-state index in [2.05, 4.69) is 15.7 Å². The topological polar surface area (TPSA) is 120 Å². The Morgan fingerprint density at radius 3 is 2.68 bits per heavy atom. The smallest absolute Gasteiger partial charge is 0.475 e. The number of fused-ring (bicyclic) bond motifs is 1. The molecule has 2 fully saturated rings. The minimum Gasteiger partial charge on any atom is -0.475 e. The van der Waals surface area contributed by atoms with E-state index in [-0.39, 0.29) is 6.10 Å². The molecule has 0 amide bonds. The molecule has 3 rings (SSSR count). The maximum Gasteiger partial charge on any atom is 0.490 e. The molecule has 0 aromatic heterocycles. The lowest BCUT2D eigenvalue weighted by atomic mass is 9.84. The van der Waals surface area contributed by atoms with Crippen LogP contribution in [-0.2, 0) is 26.1 Å². The summed E-state index contributed by atoms with van der Waals surface area (Å²) in [6, 6.07) is 9.88. The van der Waals surface area contributed by atoms with Gasteiger partial charge in [-0.2, -0.15) is 18.4 Å². The fourth-order valence-electron chi connectivity index (χ4n) is 3.68. The zero-order valence-corrected chi connectivity index (χ0v) is 17.6. The fraction of sp³-hybridized carbons (Fsp3) is 0.579. The Kier molecular flexibility index (Phi) is 8.41. The number of aliphatic carboxylic acids is 1. The molecule has 2 heterocycles. The highest BCUT2D eigenvalue weighted by Crippen LogP contribution is 2.34. The number of benzene rings is 1. The Labute approximate surface area is 178 Å². The van der Waals surface area contributed by atoms with Crippen molar-refractivity contribution < 1.29 is 36.2 Å². The molecule has 2 aliphatic heterocycles. The van der Waals surface area contributed by atoms with Gasteiger partial charge >= 0.3 is 12.1 Å². The van der Waals surface area contributed by atoms with Crippen molar-refractivity contribution in [1.82, 2.24) is 9.62 Å². The SMILES string of the molecule is CS(=O)(=O)NC[C@H]1OC[C@@H]2CCN(Cc3cccc(C#N)c3)C[C@@H]21.O=C(O)C(F)(F)F. The first kappa shape index (κ1) is 25.1. The van der Waals surface area contributed by atoms with Gasteiger partial charge in [0, 0.05) is 25.6 Å². The normalized spacial score (nSPS) is 23.9. The lowest BCUT2D eigenvalue weighted by Crippen LogP contribution is -2.44. The van der Waals surface area contributed by atoms with E-state index in [1.165, 1.54) is 6.26 Å². The van der Waals surface area contributed by atoms with E-state index in [1.807, 2.05) is 24.3 Å².